The SMILES string of the molecule is Cc1onc(-c2ccccc2)c1-c1cccc(C(=O)N[C@@H](CO)[C@H](C)O)c1. The first-order valence-electron chi connectivity index (χ1n) is 8.73. The smallest absolute Gasteiger partial charge is 0.251 e. The molecule has 0 bridgehead atoms. The summed E-state index contributed by atoms with van der Waals surface area (Å²) in [4.78, 5) is 12.5. The molecule has 3 N–H and O–H groups in total. The van der Waals surface area contributed by atoms with E-state index in [1.165, 1.54) is 6.92 Å². The second-order valence-electron chi connectivity index (χ2n) is 6.41. The lowest BCUT2D eigenvalue weighted by Gasteiger charge is -2.19. The number of hydrogen-bond donors (Lipinski definition) is 3. The highest BCUT2D eigenvalue weighted by molar-refractivity contribution is 5.96. The molecule has 0 radical (unpaired) electrons. The highest BCUT2D eigenvalue weighted by atomic mass is 16.5. The van der Waals surface area contributed by atoms with Crippen LogP contribution in [0, 0.1) is 6.92 Å². The van der Waals surface area contributed by atoms with Crippen LogP contribution < -0.4 is 5.32 Å². The highest BCUT2D eigenvalue weighted by Gasteiger charge is 2.20. The van der Waals surface area contributed by atoms with Gasteiger partial charge in [0.2, 0.25) is 0 Å². The summed E-state index contributed by atoms with van der Waals surface area (Å²) < 4.78 is 5.40. The van der Waals surface area contributed by atoms with Crippen molar-refractivity contribution in [3.8, 4) is 22.4 Å². The van der Waals surface area contributed by atoms with Gasteiger partial charge in [0.05, 0.1) is 24.3 Å². The van der Waals surface area contributed by atoms with Crippen LogP contribution in [0.3, 0.4) is 0 Å². The van der Waals surface area contributed by atoms with Gasteiger partial charge in [0.25, 0.3) is 5.91 Å². The number of benzene rings is 2. The summed E-state index contributed by atoms with van der Waals surface area (Å²) in [6, 6.07) is 16.1. The lowest BCUT2D eigenvalue weighted by Crippen LogP contribution is -2.44. The van der Waals surface area contributed by atoms with Crippen LogP contribution in [0.2, 0.25) is 0 Å². The number of aliphatic hydroxyl groups excluding tert-OH is 2. The molecular formula is C21H22N2O4. The van der Waals surface area contributed by atoms with Crippen molar-refractivity contribution in [1.82, 2.24) is 10.5 Å². The van der Waals surface area contributed by atoms with Crippen molar-refractivity contribution < 1.29 is 19.5 Å². The molecule has 0 spiro atoms. The fourth-order valence-electron chi connectivity index (χ4n) is 2.89. The lowest BCUT2D eigenvalue weighted by molar-refractivity contribution is 0.0758. The minimum atomic E-state index is -0.855. The second kappa shape index (κ2) is 8.16. The van der Waals surface area contributed by atoms with Gasteiger partial charge in [-0.3, -0.25) is 4.79 Å². The number of amides is 1. The molecule has 0 aliphatic rings. The van der Waals surface area contributed by atoms with Gasteiger partial charge in [-0.1, -0.05) is 47.6 Å². The molecule has 2 aromatic carbocycles. The summed E-state index contributed by atoms with van der Waals surface area (Å²) in [5.74, 6) is 0.288. The molecule has 0 aliphatic heterocycles. The largest absolute Gasteiger partial charge is 0.394 e. The van der Waals surface area contributed by atoms with E-state index < -0.39 is 12.1 Å². The number of aliphatic hydroxyl groups is 2. The maximum atomic E-state index is 12.5. The van der Waals surface area contributed by atoms with Crippen molar-refractivity contribution in [2.75, 3.05) is 6.61 Å². The van der Waals surface area contributed by atoms with E-state index in [9.17, 15) is 15.0 Å². The monoisotopic (exact) mass is 366 g/mol. The molecule has 0 saturated carbocycles. The summed E-state index contributed by atoms with van der Waals surface area (Å²) in [5.41, 5.74) is 3.69. The Kier molecular flexibility index (Phi) is 5.69. The zero-order valence-corrected chi connectivity index (χ0v) is 15.2. The van der Waals surface area contributed by atoms with Gasteiger partial charge in [-0.15, -0.1) is 0 Å². The van der Waals surface area contributed by atoms with Crippen LogP contribution in [-0.2, 0) is 0 Å². The Morgan fingerprint density at radius 3 is 2.52 bits per heavy atom. The molecule has 0 aliphatic carbocycles. The Hall–Kier alpha value is -2.96. The first-order chi connectivity index (χ1) is 13.0. The molecule has 140 valence electrons. The van der Waals surface area contributed by atoms with E-state index in [2.05, 4.69) is 10.5 Å². The van der Waals surface area contributed by atoms with Crippen LogP contribution >= 0.6 is 0 Å². The number of carbonyl (C=O) groups is 1. The Morgan fingerprint density at radius 2 is 1.85 bits per heavy atom. The van der Waals surface area contributed by atoms with Crippen molar-refractivity contribution in [3.63, 3.8) is 0 Å². The Bertz CT molecular complexity index is 919. The Labute approximate surface area is 157 Å². The maximum Gasteiger partial charge on any atom is 0.251 e. The number of aromatic nitrogens is 1. The molecular weight excluding hydrogens is 344 g/mol. The predicted octanol–water partition coefficient (Wildman–Crippen LogP) is 2.79. The molecule has 27 heavy (non-hydrogen) atoms. The molecule has 3 rings (SSSR count). The standard InChI is InChI=1S/C21H22N2O4/c1-13(25)18(12-24)22-21(26)17-10-6-9-16(11-17)19-14(2)27-23-20(19)15-7-4-3-5-8-15/h3-11,13,18,24-25H,12H2,1-2H3,(H,22,26)/t13-,18-/m0/s1. The highest BCUT2D eigenvalue weighted by Crippen LogP contribution is 2.34. The maximum absolute atomic E-state index is 12.5. The van der Waals surface area contributed by atoms with Gasteiger partial charge in [-0.25, -0.2) is 0 Å². The Balaban J connectivity index is 1.95. The third-order valence-corrected chi connectivity index (χ3v) is 4.42. The molecule has 1 aromatic heterocycles. The average Bonchev–Trinajstić information content (AvgIpc) is 3.08. The van der Waals surface area contributed by atoms with Gasteiger partial charge in [-0.2, -0.15) is 0 Å². The van der Waals surface area contributed by atoms with E-state index in [0.29, 0.717) is 17.0 Å². The van der Waals surface area contributed by atoms with Crippen molar-refractivity contribution in [1.29, 1.82) is 0 Å². The average molecular weight is 366 g/mol. The summed E-state index contributed by atoms with van der Waals surface area (Å²) >= 11 is 0. The number of hydrogen-bond acceptors (Lipinski definition) is 5. The number of aryl methyl sites for hydroxylation is 1. The van der Waals surface area contributed by atoms with Gasteiger partial charge in [0.15, 0.2) is 0 Å². The van der Waals surface area contributed by atoms with Gasteiger partial charge in [-0.05, 0) is 31.5 Å². The molecule has 2 atom stereocenters. The van der Waals surface area contributed by atoms with E-state index in [1.807, 2.05) is 43.3 Å². The summed E-state index contributed by atoms with van der Waals surface area (Å²) in [6.07, 6.45) is -0.855. The first-order valence-corrected chi connectivity index (χ1v) is 8.73. The molecule has 3 aromatic rings. The number of carbonyl (C=O) groups excluding carboxylic acids is 1. The minimum Gasteiger partial charge on any atom is -0.394 e. The first kappa shape index (κ1) is 18.8. The minimum absolute atomic E-state index is 0.341. The number of nitrogens with zero attached hydrogens (tertiary/aromatic N) is 1. The fraction of sp³-hybridized carbons (Fsp3) is 0.238. The molecule has 0 unspecified atom stereocenters. The number of nitrogens with one attached hydrogen (secondary N) is 1. The van der Waals surface area contributed by atoms with Crippen molar-refractivity contribution >= 4 is 5.91 Å². The lowest BCUT2D eigenvalue weighted by atomic mass is 9.97. The van der Waals surface area contributed by atoms with Gasteiger partial charge >= 0.3 is 0 Å². The van der Waals surface area contributed by atoms with Gasteiger partial charge in [0, 0.05) is 11.1 Å². The van der Waals surface area contributed by atoms with Crippen molar-refractivity contribution in [3.05, 3.63) is 65.9 Å². The summed E-state index contributed by atoms with van der Waals surface area (Å²) in [6.45, 7) is 3.01. The van der Waals surface area contributed by atoms with Crippen molar-refractivity contribution in [2.24, 2.45) is 0 Å². The fourth-order valence-corrected chi connectivity index (χ4v) is 2.89. The third-order valence-electron chi connectivity index (χ3n) is 4.42. The molecule has 6 heteroatoms. The van der Waals surface area contributed by atoms with Crippen LogP contribution in [0.25, 0.3) is 22.4 Å². The molecule has 1 amide bonds. The van der Waals surface area contributed by atoms with Crippen LogP contribution in [0.5, 0.6) is 0 Å². The van der Waals surface area contributed by atoms with Crippen molar-refractivity contribution in [2.45, 2.75) is 26.0 Å². The van der Waals surface area contributed by atoms with Crippen LogP contribution in [0.15, 0.2) is 59.1 Å². The predicted molar refractivity (Wildman–Crippen MR) is 102 cm³/mol. The molecule has 0 saturated heterocycles. The van der Waals surface area contributed by atoms with E-state index in [0.717, 1.165) is 16.7 Å². The molecule has 6 nitrogen and oxygen atoms in total. The zero-order valence-electron chi connectivity index (χ0n) is 15.2. The van der Waals surface area contributed by atoms with E-state index in [-0.39, 0.29) is 12.5 Å². The van der Waals surface area contributed by atoms with Crippen LogP contribution in [0.1, 0.15) is 23.0 Å². The third kappa shape index (κ3) is 4.07. The topological polar surface area (TPSA) is 95.6 Å². The van der Waals surface area contributed by atoms with Crippen LogP contribution in [-0.4, -0.2) is 40.0 Å². The van der Waals surface area contributed by atoms with E-state index in [1.54, 1.807) is 18.2 Å². The number of rotatable bonds is 6. The molecule has 1 heterocycles. The van der Waals surface area contributed by atoms with Gasteiger partial charge < -0.3 is 20.1 Å². The molecule has 0 fully saturated rings. The van der Waals surface area contributed by atoms with E-state index in [4.69, 9.17) is 4.52 Å². The summed E-state index contributed by atoms with van der Waals surface area (Å²) in [7, 11) is 0. The van der Waals surface area contributed by atoms with E-state index >= 15 is 0 Å². The zero-order chi connectivity index (χ0) is 19.4. The summed E-state index contributed by atoms with van der Waals surface area (Å²) in [5, 5.41) is 25.7. The van der Waals surface area contributed by atoms with Crippen LogP contribution in [0.4, 0.5) is 0 Å². The van der Waals surface area contributed by atoms with Gasteiger partial charge in [0.1, 0.15) is 11.5 Å². The Morgan fingerprint density at radius 1 is 1.15 bits per heavy atom. The normalized spacial score (nSPS) is 13.2. The quantitative estimate of drug-likeness (QED) is 0.623. The second-order valence-corrected chi connectivity index (χ2v) is 6.41.